The third kappa shape index (κ3) is 5.20. The Labute approximate surface area is 228 Å². The van der Waals surface area contributed by atoms with Crippen LogP contribution in [0.5, 0.6) is 5.75 Å². The van der Waals surface area contributed by atoms with Gasteiger partial charge in [-0.25, -0.2) is 9.48 Å². The van der Waals surface area contributed by atoms with Crippen molar-refractivity contribution in [3.8, 4) is 22.6 Å². The molecule has 2 aliphatic rings. The maximum Gasteiger partial charge on any atom is 0.339 e. The van der Waals surface area contributed by atoms with Gasteiger partial charge in [-0.15, -0.1) is 5.10 Å². The van der Waals surface area contributed by atoms with E-state index in [0.29, 0.717) is 11.6 Å². The van der Waals surface area contributed by atoms with Gasteiger partial charge in [-0.2, -0.15) is 5.10 Å². The molecule has 2 aromatic heterocycles. The molecule has 0 aliphatic heterocycles. The highest BCUT2D eigenvalue weighted by Gasteiger charge is 2.46. The highest BCUT2D eigenvalue weighted by atomic mass is 16.5. The van der Waals surface area contributed by atoms with Crippen molar-refractivity contribution in [1.29, 1.82) is 0 Å². The van der Waals surface area contributed by atoms with E-state index in [-0.39, 0.29) is 23.5 Å². The molecule has 0 spiro atoms. The maximum absolute atomic E-state index is 12.1. The van der Waals surface area contributed by atoms with Gasteiger partial charge in [-0.1, -0.05) is 48.7 Å². The predicted octanol–water partition coefficient (Wildman–Crippen LogP) is 6.47. The van der Waals surface area contributed by atoms with Gasteiger partial charge >= 0.3 is 5.97 Å². The number of hydrogen-bond acceptors (Lipinski definition) is 5. The number of aryl methyl sites for hydroxylation is 1. The van der Waals surface area contributed by atoms with Gasteiger partial charge in [0, 0.05) is 24.6 Å². The number of nitrogens with zero attached hydrogens (tertiary/aromatic N) is 5. The first-order chi connectivity index (χ1) is 19.0. The molecule has 2 fully saturated rings. The van der Waals surface area contributed by atoms with Gasteiger partial charge in [0.05, 0.1) is 29.4 Å². The smallest absolute Gasteiger partial charge is 0.339 e. The molecule has 202 valence electrons. The Kier molecular flexibility index (Phi) is 6.94. The summed E-state index contributed by atoms with van der Waals surface area (Å²) >= 11 is 0. The number of carboxylic acids is 1. The molecule has 0 saturated heterocycles. The number of rotatable bonds is 9. The fourth-order valence-electron chi connectivity index (χ4n) is 6.03. The number of carboxylic acid groups (broad SMARTS) is 1. The molecule has 0 amide bonds. The van der Waals surface area contributed by atoms with E-state index in [2.05, 4.69) is 46.6 Å². The van der Waals surface area contributed by atoms with Crippen molar-refractivity contribution < 1.29 is 14.6 Å². The van der Waals surface area contributed by atoms with Crippen LogP contribution >= 0.6 is 0 Å². The highest BCUT2D eigenvalue weighted by Crippen LogP contribution is 2.55. The summed E-state index contributed by atoms with van der Waals surface area (Å²) in [6.45, 7) is 4.96. The summed E-state index contributed by atoms with van der Waals surface area (Å²) in [6.07, 6.45) is 10.8. The molecule has 0 bridgehead atoms. The van der Waals surface area contributed by atoms with Gasteiger partial charge in [0.15, 0.2) is 0 Å². The number of ether oxygens (including phenoxy) is 1. The Bertz CT molecular complexity index is 1470. The fourth-order valence-corrected chi connectivity index (χ4v) is 6.03. The molecule has 0 radical (unpaired) electrons. The minimum atomic E-state index is -0.966. The molecule has 39 heavy (non-hydrogen) atoms. The van der Waals surface area contributed by atoms with E-state index in [4.69, 9.17) is 4.74 Å². The lowest BCUT2D eigenvalue weighted by Gasteiger charge is -2.28. The Morgan fingerprint density at radius 2 is 1.85 bits per heavy atom. The van der Waals surface area contributed by atoms with E-state index >= 15 is 0 Å². The molecule has 2 saturated carbocycles. The van der Waals surface area contributed by atoms with Crippen molar-refractivity contribution in [1.82, 2.24) is 24.8 Å². The molecule has 8 nitrogen and oxygen atoms in total. The summed E-state index contributed by atoms with van der Waals surface area (Å²) in [4.78, 5) is 12.1. The van der Waals surface area contributed by atoms with Crippen LogP contribution in [-0.4, -0.2) is 42.0 Å². The van der Waals surface area contributed by atoms with Crippen molar-refractivity contribution in [2.24, 2.45) is 5.92 Å². The zero-order valence-corrected chi connectivity index (χ0v) is 22.5. The topological polar surface area (TPSA) is 95.1 Å². The van der Waals surface area contributed by atoms with E-state index in [0.717, 1.165) is 41.2 Å². The molecular formula is C31H35N5O3. The number of aromatic carboxylic acids is 1. The molecule has 3 atom stereocenters. The second kappa shape index (κ2) is 10.7. The SMILES string of the molecule is CCn1cc([C@H]2C[C@@H]2c2c(C(=O)O)cnn2-c2cccc(-c3cccc(OC(C)C4CCCCC4)c3)c2)nn1. The van der Waals surface area contributed by atoms with Crippen LogP contribution in [0.2, 0.25) is 0 Å². The minimum Gasteiger partial charge on any atom is -0.490 e. The van der Waals surface area contributed by atoms with E-state index in [9.17, 15) is 9.90 Å². The van der Waals surface area contributed by atoms with Crippen molar-refractivity contribution in [2.75, 3.05) is 0 Å². The quantitative estimate of drug-likeness (QED) is 0.269. The average molecular weight is 526 g/mol. The first kappa shape index (κ1) is 25.3. The van der Waals surface area contributed by atoms with E-state index in [1.807, 2.05) is 37.4 Å². The summed E-state index contributed by atoms with van der Waals surface area (Å²) in [5, 5.41) is 22.9. The van der Waals surface area contributed by atoms with Gasteiger partial charge in [-0.05, 0) is 74.4 Å². The van der Waals surface area contributed by atoms with Crippen molar-refractivity contribution in [3.63, 3.8) is 0 Å². The van der Waals surface area contributed by atoms with E-state index in [1.165, 1.54) is 38.3 Å². The summed E-state index contributed by atoms with van der Waals surface area (Å²) in [5.74, 6) is 0.700. The molecule has 4 aromatic rings. The summed E-state index contributed by atoms with van der Waals surface area (Å²) in [5.41, 5.74) is 4.77. The monoisotopic (exact) mass is 525 g/mol. The number of benzene rings is 2. The standard InChI is InChI=1S/C31H35N5O3/c1-3-35-19-29(33-34-35)26-17-27(26)30-28(31(37)38)18-32-36(30)24-13-7-11-22(15-24)23-12-8-14-25(16-23)39-20(2)21-9-5-4-6-10-21/h7-8,11-16,18-21,26-27H,3-6,9-10,17H2,1-2H3,(H,37,38)/t20?,26-,27-/m0/s1. The largest absolute Gasteiger partial charge is 0.490 e. The summed E-state index contributed by atoms with van der Waals surface area (Å²) in [7, 11) is 0. The van der Waals surface area contributed by atoms with Crippen LogP contribution < -0.4 is 4.74 Å². The molecule has 8 heteroatoms. The molecule has 1 N–H and O–H groups in total. The van der Waals surface area contributed by atoms with Gasteiger partial charge in [0.2, 0.25) is 0 Å². The predicted molar refractivity (Wildman–Crippen MR) is 148 cm³/mol. The second-order valence-corrected chi connectivity index (χ2v) is 10.9. The summed E-state index contributed by atoms with van der Waals surface area (Å²) < 4.78 is 9.98. The lowest BCUT2D eigenvalue weighted by Crippen LogP contribution is -2.25. The van der Waals surface area contributed by atoms with Crippen LogP contribution in [0.25, 0.3) is 16.8 Å². The first-order valence-electron chi connectivity index (χ1n) is 14.1. The number of carbonyl (C=O) groups is 1. The Morgan fingerprint density at radius 1 is 1.08 bits per heavy atom. The Hall–Kier alpha value is -3.94. The molecule has 6 rings (SSSR count). The van der Waals surface area contributed by atoms with Crippen molar-refractivity contribution in [2.45, 2.75) is 76.9 Å². The molecule has 2 aromatic carbocycles. The van der Waals surface area contributed by atoms with E-state index < -0.39 is 5.97 Å². The third-order valence-electron chi connectivity index (χ3n) is 8.33. The van der Waals surface area contributed by atoms with Crippen LogP contribution in [0.3, 0.4) is 0 Å². The normalized spacial score (nSPS) is 20.1. The highest BCUT2D eigenvalue weighted by molar-refractivity contribution is 5.89. The summed E-state index contributed by atoms with van der Waals surface area (Å²) in [6, 6.07) is 16.3. The fraction of sp³-hybridized carbons (Fsp3) is 0.419. The first-order valence-corrected chi connectivity index (χ1v) is 14.1. The Morgan fingerprint density at radius 3 is 2.59 bits per heavy atom. The zero-order valence-electron chi connectivity index (χ0n) is 22.5. The van der Waals surface area contributed by atoms with Crippen LogP contribution in [0.15, 0.2) is 60.9 Å². The van der Waals surface area contributed by atoms with E-state index in [1.54, 1.807) is 9.36 Å². The van der Waals surface area contributed by atoms with Crippen LogP contribution in [0, 0.1) is 5.92 Å². The lowest BCUT2D eigenvalue weighted by atomic mass is 9.86. The van der Waals surface area contributed by atoms with Crippen LogP contribution in [-0.2, 0) is 6.54 Å². The molecule has 2 aliphatic carbocycles. The third-order valence-corrected chi connectivity index (χ3v) is 8.33. The minimum absolute atomic E-state index is 0.0299. The number of aromatic nitrogens is 5. The van der Waals surface area contributed by atoms with Gasteiger partial charge in [0.25, 0.3) is 0 Å². The van der Waals surface area contributed by atoms with Gasteiger partial charge in [-0.3, -0.25) is 4.68 Å². The van der Waals surface area contributed by atoms with Crippen molar-refractivity contribution in [3.05, 3.63) is 77.9 Å². The lowest BCUT2D eigenvalue weighted by molar-refractivity contribution is 0.0695. The van der Waals surface area contributed by atoms with Crippen molar-refractivity contribution >= 4 is 5.97 Å². The van der Waals surface area contributed by atoms with Gasteiger partial charge < -0.3 is 9.84 Å². The van der Waals surface area contributed by atoms with Crippen LogP contribution in [0.1, 0.15) is 86.0 Å². The average Bonchev–Trinajstić information content (AvgIpc) is 3.38. The Balaban J connectivity index is 1.27. The number of hydrogen-bond donors (Lipinski definition) is 1. The maximum atomic E-state index is 12.1. The molecular weight excluding hydrogens is 490 g/mol. The zero-order chi connectivity index (χ0) is 26.9. The molecule has 1 unspecified atom stereocenters. The van der Waals surface area contributed by atoms with Crippen LogP contribution in [0.4, 0.5) is 0 Å². The second-order valence-electron chi connectivity index (χ2n) is 10.9. The molecule has 2 heterocycles. The van der Waals surface area contributed by atoms with Gasteiger partial charge in [0.1, 0.15) is 11.3 Å².